The zero-order valence-corrected chi connectivity index (χ0v) is 12.7. The number of ether oxygens (including phenoxy) is 2. The van der Waals surface area contributed by atoms with Gasteiger partial charge in [0.05, 0.1) is 26.4 Å². The van der Waals surface area contributed by atoms with Gasteiger partial charge in [0.25, 0.3) is 0 Å². The Morgan fingerprint density at radius 2 is 1.88 bits per heavy atom. The summed E-state index contributed by atoms with van der Waals surface area (Å²) in [7, 11) is -0.451. The average molecular weight is 260 g/mol. The van der Waals surface area contributed by atoms with E-state index in [1.165, 1.54) is 7.11 Å². The molecule has 0 bridgehead atoms. The maximum absolute atomic E-state index is 11.6. The minimum atomic E-state index is -1.86. The van der Waals surface area contributed by atoms with E-state index in [-0.39, 0.29) is 23.0 Å². The molecule has 17 heavy (non-hydrogen) atoms. The second-order valence-electron chi connectivity index (χ2n) is 6.08. The highest BCUT2D eigenvalue weighted by atomic mass is 28.4. The van der Waals surface area contributed by atoms with E-state index in [0.29, 0.717) is 13.2 Å². The topological polar surface area (TPSA) is 44.8 Å². The molecule has 0 amide bonds. The molecule has 1 rings (SSSR count). The highest BCUT2D eigenvalue weighted by Crippen LogP contribution is 2.38. The monoisotopic (exact) mass is 260 g/mol. The highest BCUT2D eigenvalue weighted by molar-refractivity contribution is 6.74. The Hall–Kier alpha value is -0.393. The Balaban J connectivity index is 2.71. The summed E-state index contributed by atoms with van der Waals surface area (Å²) in [5, 5.41) is 0.135. The van der Waals surface area contributed by atoms with Crippen molar-refractivity contribution >= 4 is 14.3 Å². The van der Waals surface area contributed by atoms with Crippen LogP contribution in [0.4, 0.5) is 0 Å². The Morgan fingerprint density at radius 3 is 2.35 bits per heavy atom. The lowest BCUT2D eigenvalue weighted by molar-refractivity contribution is -0.147. The molecule has 0 unspecified atom stereocenters. The number of rotatable bonds is 3. The predicted octanol–water partition coefficient (Wildman–Crippen LogP) is 2.20. The lowest BCUT2D eigenvalue weighted by Gasteiger charge is -2.38. The third-order valence-corrected chi connectivity index (χ3v) is 8.29. The van der Waals surface area contributed by atoms with Gasteiger partial charge in [-0.15, -0.1) is 0 Å². The maximum Gasteiger partial charge on any atom is 0.313 e. The molecule has 1 aliphatic rings. The molecule has 5 heteroatoms. The van der Waals surface area contributed by atoms with E-state index in [0.717, 1.165) is 0 Å². The van der Waals surface area contributed by atoms with Crippen molar-refractivity contribution in [2.24, 2.45) is 5.92 Å². The summed E-state index contributed by atoms with van der Waals surface area (Å²) < 4.78 is 16.3. The van der Waals surface area contributed by atoms with Crippen LogP contribution in [-0.2, 0) is 18.7 Å². The normalized spacial score (nSPS) is 26.0. The van der Waals surface area contributed by atoms with Gasteiger partial charge in [0.15, 0.2) is 8.32 Å². The van der Waals surface area contributed by atoms with Crippen LogP contribution in [-0.4, -0.2) is 40.7 Å². The number of carbonyl (C=O) groups is 1. The fraction of sp³-hybridized carbons (Fsp3) is 0.917. The molecule has 0 spiro atoms. The highest BCUT2D eigenvalue weighted by Gasteiger charge is 2.44. The number of hydrogen-bond acceptors (Lipinski definition) is 4. The molecule has 2 atom stereocenters. The molecule has 1 saturated heterocycles. The lowest BCUT2D eigenvalue weighted by Crippen LogP contribution is -2.46. The number of hydrogen-bond donors (Lipinski definition) is 0. The number of carbonyl (C=O) groups excluding carboxylic acids is 1. The van der Waals surface area contributed by atoms with Crippen LogP contribution in [0.5, 0.6) is 0 Å². The van der Waals surface area contributed by atoms with Crippen LogP contribution >= 0.6 is 0 Å². The molecule has 0 aromatic rings. The first kappa shape index (κ1) is 14.7. The molecule has 0 saturated carbocycles. The minimum absolute atomic E-state index is 0.135. The molecular formula is C12H24O4Si. The summed E-state index contributed by atoms with van der Waals surface area (Å²) in [5.41, 5.74) is 0. The lowest BCUT2D eigenvalue weighted by atomic mass is 10.1. The van der Waals surface area contributed by atoms with Gasteiger partial charge in [0.2, 0.25) is 0 Å². The van der Waals surface area contributed by atoms with Crippen molar-refractivity contribution in [1.82, 2.24) is 0 Å². The first-order valence-electron chi connectivity index (χ1n) is 6.02. The van der Waals surface area contributed by atoms with Gasteiger partial charge in [-0.1, -0.05) is 20.8 Å². The van der Waals surface area contributed by atoms with Gasteiger partial charge in [-0.05, 0) is 18.1 Å². The molecule has 0 radical (unpaired) electrons. The summed E-state index contributed by atoms with van der Waals surface area (Å²) in [6.07, 6.45) is -0.150. The smallest absolute Gasteiger partial charge is 0.313 e. The molecule has 1 aliphatic heterocycles. The zero-order chi connectivity index (χ0) is 13.3. The van der Waals surface area contributed by atoms with Crippen LogP contribution < -0.4 is 0 Å². The second-order valence-corrected chi connectivity index (χ2v) is 10.8. The van der Waals surface area contributed by atoms with Crippen LogP contribution in [0.15, 0.2) is 0 Å². The van der Waals surface area contributed by atoms with Crippen LogP contribution in [0.1, 0.15) is 20.8 Å². The van der Waals surface area contributed by atoms with Crippen molar-refractivity contribution in [3.63, 3.8) is 0 Å². The first-order valence-corrected chi connectivity index (χ1v) is 8.93. The summed E-state index contributed by atoms with van der Waals surface area (Å²) >= 11 is 0. The Bertz CT molecular complexity index is 283. The van der Waals surface area contributed by atoms with Gasteiger partial charge in [0, 0.05) is 0 Å². The molecule has 100 valence electrons. The molecule has 1 heterocycles. The van der Waals surface area contributed by atoms with Crippen LogP contribution in [0.25, 0.3) is 0 Å². The minimum Gasteiger partial charge on any atom is -0.469 e. The van der Waals surface area contributed by atoms with Crippen molar-refractivity contribution in [2.75, 3.05) is 20.3 Å². The molecule has 0 N–H and O–H groups in total. The van der Waals surface area contributed by atoms with Crippen molar-refractivity contribution in [3.05, 3.63) is 0 Å². The van der Waals surface area contributed by atoms with Crippen LogP contribution in [0.3, 0.4) is 0 Å². The van der Waals surface area contributed by atoms with E-state index in [1.54, 1.807) is 0 Å². The molecular weight excluding hydrogens is 236 g/mol. The fourth-order valence-corrected chi connectivity index (χ4v) is 2.92. The number of methoxy groups -OCH3 is 1. The Kier molecular flexibility index (Phi) is 4.38. The van der Waals surface area contributed by atoms with E-state index < -0.39 is 8.32 Å². The average Bonchev–Trinajstić information content (AvgIpc) is 2.62. The van der Waals surface area contributed by atoms with E-state index in [9.17, 15) is 4.79 Å². The van der Waals surface area contributed by atoms with Gasteiger partial charge in [-0.2, -0.15) is 0 Å². The van der Waals surface area contributed by atoms with Gasteiger partial charge in [0.1, 0.15) is 5.92 Å². The SMILES string of the molecule is COC(=O)[C@@H]1COC[C@@H]1O[Si](C)(C)C(C)(C)C. The quantitative estimate of drug-likeness (QED) is 0.576. The van der Waals surface area contributed by atoms with Crippen molar-refractivity contribution in [3.8, 4) is 0 Å². The van der Waals surface area contributed by atoms with Crippen molar-refractivity contribution in [1.29, 1.82) is 0 Å². The number of esters is 1. The largest absolute Gasteiger partial charge is 0.469 e. The van der Waals surface area contributed by atoms with E-state index >= 15 is 0 Å². The van der Waals surface area contributed by atoms with Crippen LogP contribution in [0, 0.1) is 5.92 Å². The van der Waals surface area contributed by atoms with Crippen molar-refractivity contribution < 1.29 is 18.7 Å². The first-order chi connectivity index (χ1) is 7.69. The standard InChI is InChI=1S/C12H24O4Si/c1-12(2,3)17(5,6)16-10-8-15-7-9(10)11(13)14-4/h9-10H,7-8H2,1-6H3/t9-,10+/m1/s1. The van der Waals surface area contributed by atoms with Gasteiger partial charge < -0.3 is 13.9 Å². The van der Waals surface area contributed by atoms with Gasteiger partial charge in [-0.25, -0.2) is 0 Å². The zero-order valence-electron chi connectivity index (χ0n) is 11.7. The predicted molar refractivity (Wildman–Crippen MR) is 68.4 cm³/mol. The third kappa shape index (κ3) is 3.30. The van der Waals surface area contributed by atoms with Gasteiger partial charge >= 0.3 is 5.97 Å². The van der Waals surface area contributed by atoms with Gasteiger partial charge in [-0.3, -0.25) is 4.79 Å². The Morgan fingerprint density at radius 1 is 1.29 bits per heavy atom. The third-order valence-electron chi connectivity index (χ3n) is 3.78. The summed E-state index contributed by atoms with van der Waals surface area (Å²) in [4.78, 5) is 11.6. The fourth-order valence-electron chi connectivity index (χ4n) is 1.58. The van der Waals surface area contributed by atoms with Crippen LogP contribution in [0.2, 0.25) is 18.1 Å². The van der Waals surface area contributed by atoms with E-state index in [4.69, 9.17) is 13.9 Å². The molecule has 1 fully saturated rings. The summed E-state index contributed by atoms with van der Waals surface area (Å²) in [6.45, 7) is 11.8. The Labute approximate surface area is 105 Å². The molecule has 0 aliphatic carbocycles. The summed E-state index contributed by atoms with van der Waals surface area (Å²) in [5.74, 6) is -0.500. The summed E-state index contributed by atoms with van der Waals surface area (Å²) in [6, 6.07) is 0. The maximum atomic E-state index is 11.6. The molecule has 0 aromatic carbocycles. The van der Waals surface area contributed by atoms with E-state index in [2.05, 4.69) is 33.9 Å². The van der Waals surface area contributed by atoms with E-state index in [1.807, 2.05) is 0 Å². The second kappa shape index (κ2) is 5.08. The molecule has 0 aromatic heterocycles. The van der Waals surface area contributed by atoms with Crippen molar-refractivity contribution in [2.45, 2.75) is 45.0 Å². The molecule has 4 nitrogen and oxygen atoms in total.